The number of carbonyl (C=O) groups is 1. The number of carbonyl (C=O) groups excluding carboxylic acids is 1. The molecule has 0 aliphatic carbocycles. The van der Waals surface area contributed by atoms with Crippen LogP contribution in [-0.4, -0.2) is 43.5 Å². The number of methoxy groups -OCH3 is 1. The van der Waals surface area contributed by atoms with E-state index in [0.29, 0.717) is 16.9 Å². The van der Waals surface area contributed by atoms with Crippen LogP contribution in [0.2, 0.25) is 0 Å². The van der Waals surface area contributed by atoms with Crippen LogP contribution in [0.25, 0.3) is 0 Å². The predicted molar refractivity (Wildman–Crippen MR) is 132 cm³/mol. The molecule has 0 radical (unpaired) electrons. The third-order valence-electron chi connectivity index (χ3n) is 5.27. The van der Waals surface area contributed by atoms with Gasteiger partial charge in [-0.2, -0.15) is 0 Å². The smallest absolute Gasteiger partial charge is 0.286 e. The molecule has 2 heterocycles. The summed E-state index contributed by atoms with van der Waals surface area (Å²) in [7, 11) is -2.69. The Balaban J connectivity index is 0.00000361. The maximum atomic E-state index is 13.9. The molecule has 1 aliphatic heterocycles. The standard InChI is InChI=1S/C24H23N3O7S.ClH/c1-17-5-3-7-21(24(28)27(29)22-15-33-16-34-22)23(17)26(14-18-6-4-12-25-13-18)35(30,31)20-10-8-19(32-2)9-11-20;/h3-13,15,29H,14,16H2,1-2H3;1H. The van der Waals surface area contributed by atoms with Crippen LogP contribution in [0.1, 0.15) is 21.5 Å². The molecule has 0 atom stereocenters. The Labute approximate surface area is 214 Å². The number of benzene rings is 2. The molecule has 36 heavy (non-hydrogen) atoms. The largest absolute Gasteiger partial charge is 0.497 e. The molecule has 0 saturated carbocycles. The summed E-state index contributed by atoms with van der Waals surface area (Å²) in [5.41, 5.74) is 1.16. The lowest BCUT2D eigenvalue weighted by Crippen LogP contribution is -2.35. The number of hydrogen-bond acceptors (Lipinski definition) is 8. The molecule has 0 fully saturated rings. The summed E-state index contributed by atoms with van der Waals surface area (Å²) in [5.74, 6) is -0.599. The van der Waals surface area contributed by atoms with Crippen molar-refractivity contribution in [2.75, 3.05) is 18.2 Å². The Morgan fingerprint density at radius 2 is 1.89 bits per heavy atom. The number of nitrogens with zero attached hydrogens (tertiary/aromatic N) is 3. The Kier molecular flexibility index (Phi) is 8.41. The van der Waals surface area contributed by atoms with E-state index in [-0.39, 0.29) is 52.8 Å². The molecule has 0 saturated heterocycles. The van der Waals surface area contributed by atoms with Crippen LogP contribution in [-0.2, 0) is 26.0 Å². The quantitative estimate of drug-likeness (QED) is 0.342. The second kappa shape index (κ2) is 11.3. The summed E-state index contributed by atoms with van der Waals surface area (Å²) in [4.78, 5) is 17.3. The van der Waals surface area contributed by atoms with E-state index in [1.807, 2.05) is 0 Å². The first kappa shape index (κ1) is 26.8. The van der Waals surface area contributed by atoms with Crippen molar-refractivity contribution < 1.29 is 32.6 Å². The molecule has 0 bridgehead atoms. The molecule has 1 N–H and O–H groups in total. The highest BCUT2D eigenvalue weighted by molar-refractivity contribution is 7.92. The van der Waals surface area contributed by atoms with Crippen molar-refractivity contribution in [1.29, 1.82) is 0 Å². The average Bonchev–Trinajstić information content (AvgIpc) is 3.42. The van der Waals surface area contributed by atoms with Crippen molar-refractivity contribution in [3.05, 3.63) is 95.8 Å². The molecule has 4 rings (SSSR count). The van der Waals surface area contributed by atoms with E-state index in [1.165, 1.54) is 25.3 Å². The normalized spacial score (nSPS) is 12.5. The van der Waals surface area contributed by atoms with Crippen LogP contribution in [0.3, 0.4) is 0 Å². The third kappa shape index (κ3) is 5.38. The summed E-state index contributed by atoms with van der Waals surface area (Å²) >= 11 is 0. The fraction of sp³-hybridized carbons (Fsp3) is 0.167. The minimum absolute atomic E-state index is 0. The van der Waals surface area contributed by atoms with Gasteiger partial charge in [-0.1, -0.05) is 18.2 Å². The van der Waals surface area contributed by atoms with Gasteiger partial charge in [0.05, 0.1) is 29.8 Å². The summed E-state index contributed by atoms with van der Waals surface area (Å²) in [6.45, 7) is 1.42. The number of aromatic nitrogens is 1. The molecule has 10 nitrogen and oxygen atoms in total. The maximum absolute atomic E-state index is 13.9. The van der Waals surface area contributed by atoms with Crippen molar-refractivity contribution in [2.45, 2.75) is 18.4 Å². The van der Waals surface area contributed by atoms with E-state index >= 15 is 0 Å². The van der Waals surface area contributed by atoms with Gasteiger partial charge in [-0.15, -0.1) is 17.5 Å². The van der Waals surface area contributed by atoms with Crippen molar-refractivity contribution in [1.82, 2.24) is 10.0 Å². The molecule has 1 aromatic heterocycles. The summed E-state index contributed by atoms with van der Waals surface area (Å²) < 4.78 is 44.1. The second-order valence-corrected chi connectivity index (χ2v) is 9.38. The third-order valence-corrected chi connectivity index (χ3v) is 7.03. The minimum Gasteiger partial charge on any atom is -0.497 e. The van der Waals surface area contributed by atoms with Crippen LogP contribution in [0.5, 0.6) is 5.75 Å². The van der Waals surface area contributed by atoms with Gasteiger partial charge in [0.2, 0.25) is 6.79 Å². The number of halogens is 1. The highest BCUT2D eigenvalue weighted by atomic mass is 35.5. The molecule has 190 valence electrons. The number of aryl methyl sites for hydroxylation is 1. The minimum atomic E-state index is -4.17. The van der Waals surface area contributed by atoms with Crippen LogP contribution in [0, 0.1) is 6.92 Å². The van der Waals surface area contributed by atoms with Crippen molar-refractivity contribution >= 4 is 34.0 Å². The zero-order valence-corrected chi connectivity index (χ0v) is 21.0. The molecular formula is C24H24ClN3O7S. The first-order chi connectivity index (χ1) is 16.8. The van der Waals surface area contributed by atoms with Gasteiger partial charge in [-0.25, -0.2) is 8.42 Å². The molecule has 0 spiro atoms. The van der Waals surface area contributed by atoms with Crippen LogP contribution < -0.4 is 9.04 Å². The highest BCUT2D eigenvalue weighted by Gasteiger charge is 2.33. The average molecular weight is 534 g/mol. The summed E-state index contributed by atoms with van der Waals surface area (Å²) in [6.07, 6.45) is 4.22. The second-order valence-electron chi connectivity index (χ2n) is 7.52. The van der Waals surface area contributed by atoms with Gasteiger partial charge in [-0.05, 0) is 54.4 Å². The van der Waals surface area contributed by atoms with Crippen molar-refractivity contribution in [2.24, 2.45) is 0 Å². The topological polar surface area (TPSA) is 119 Å². The van der Waals surface area contributed by atoms with Crippen LogP contribution >= 0.6 is 12.4 Å². The van der Waals surface area contributed by atoms with Crippen LogP contribution in [0.4, 0.5) is 5.69 Å². The Morgan fingerprint density at radius 1 is 1.14 bits per heavy atom. The van der Waals surface area contributed by atoms with E-state index in [1.54, 1.807) is 55.7 Å². The number of amides is 1. The Morgan fingerprint density at radius 3 is 2.50 bits per heavy atom. The number of hydroxylamine groups is 2. The fourth-order valence-electron chi connectivity index (χ4n) is 3.54. The molecule has 2 aromatic carbocycles. The van der Waals surface area contributed by atoms with E-state index in [0.717, 1.165) is 10.6 Å². The Bertz CT molecular complexity index is 1350. The zero-order valence-electron chi connectivity index (χ0n) is 19.4. The number of sulfonamides is 1. The first-order valence-electron chi connectivity index (χ1n) is 10.5. The fourth-order valence-corrected chi connectivity index (χ4v) is 5.07. The van der Waals surface area contributed by atoms with E-state index in [9.17, 15) is 18.4 Å². The Hall–Kier alpha value is -3.80. The molecule has 1 amide bonds. The number of anilines is 1. The van der Waals surface area contributed by atoms with Gasteiger partial charge in [0.15, 0.2) is 6.26 Å². The van der Waals surface area contributed by atoms with Gasteiger partial charge in [0.1, 0.15) is 5.75 Å². The molecular weight excluding hydrogens is 510 g/mol. The van der Waals surface area contributed by atoms with E-state index in [4.69, 9.17) is 14.2 Å². The highest BCUT2D eigenvalue weighted by Crippen LogP contribution is 2.34. The monoisotopic (exact) mass is 533 g/mol. The van der Waals surface area contributed by atoms with Crippen molar-refractivity contribution in [3.8, 4) is 5.75 Å². The number of pyridine rings is 1. The van der Waals surface area contributed by atoms with Gasteiger partial charge < -0.3 is 14.2 Å². The van der Waals surface area contributed by atoms with E-state index in [2.05, 4.69) is 4.98 Å². The van der Waals surface area contributed by atoms with Crippen LogP contribution in [0.15, 0.2) is 84.0 Å². The van der Waals surface area contributed by atoms with Crippen molar-refractivity contribution in [3.63, 3.8) is 0 Å². The first-order valence-corrected chi connectivity index (χ1v) is 11.9. The lowest BCUT2D eigenvalue weighted by atomic mass is 10.1. The number of hydrogen-bond donors (Lipinski definition) is 1. The summed E-state index contributed by atoms with van der Waals surface area (Å²) in [6, 6.07) is 14.1. The summed E-state index contributed by atoms with van der Waals surface area (Å²) in [5, 5.41) is 10.7. The maximum Gasteiger partial charge on any atom is 0.286 e. The van der Waals surface area contributed by atoms with Gasteiger partial charge in [-0.3, -0.25) is 19.3 Å². The predicted octanol–water partition coefficient (Wildman–Crippen LogP) is 3.85. The molecule has 3 aromatic rings. The molecule has 12 heteroatoms. The van der Waals surface area contributed by atoms with Gasteiger partial charge in [0, 0.05) is 12.4 Å². The number of rotatable bonds is 8. The SMILES string of the molecule is COc1ccc(S(=O)(=O)N(Cc2cccnc2)c2c(C)cccc2C(=O)N(O)C2=COCO2)cc1.Cl. The van der Waals surface area contributed by atoms with Gasteiger partial charge in [0.25, 0.3) is 21.8 Å². The van der Waals surface area contributed by atoms with Gasteiger partial charge >= 0.3 is 0 Å². The molecule has 1 aliphatic rings. The van der Waals surface area contributed by atoms with E-state index < -0.39 is 15.9 Å². The number of ether oxygens (including phenoxy) is 3. The zero-order chi connectivity index (χ0) is 25.0. The lowest BCUT2D eigenvalue weighted by molar-refractivity contribution is -0.0770. The number of para-hydroxylation sites is 1. The lowest BCUT2D eigenvalue weighted by Gasteiger charge is -2.28. The molecule has 0 unspecified atom stereocenters.